The Labute approximate surface area is 146 Å². The molecule has 4 amide bonds. The summed E-state index contributed by atoms with van der Waals surface area (Å²) in [5.41, 5.74) is 0.114. The Morgan fingerprint density at radius 3 is 2.84 bits per heavy atom. The zero-order valence-corrected chi connectivity index (χ0v) is 14.5. The number of imide groups is 1. The molecule has 1 saturated heterocycles. The van der Waals surface area contributed by atoms with Crippen LogP contribution >= 0.6 is 0 Å². The number of carbonyl (C=O) groups is 3. The van der Waals surface area contributed by atoms with Crippen molar-refractivity contribution in [3.05, 3.63) is 29.8 Å². The molecule has 7 nitrogen and oxygen atoms in total. The van der Waals surface area contributed by atoms with Crippen LogP contribution in [0.5, 0.6) is 5.75 Å². The SMILES string of the molecule is CC1(C)NC(=O)N(CCCC(=O)NC2CCOc3ccccc32)C1=O. The van der Waals surface area contributed by atoms with E-state index in [4.69, 9.17) is 4.74 Å². The quantitative estimate of drug-likeness (QED) is 0.796. The van der Waals surface area contributed by atoms with Gasteiger partial charge in [-0.05, 0) is 26.3 Å². The third-order valence-electron chi connectivity index (χ3n) is 4.52. The number of carbonyl (C=O) groups excluding carboxylic acids is 3. The summed E-state index contributed by atoms with van der Waals surface area (Å²) in [6.45, 7) is 4.15. The van der Waals surface area contributed by atoms with Crippen LogP contribution in [-0.2, 0) is 9.59 Å². The standard InChI is InChI=1S/C18H23N3O4/c1-18(2)16(23)21(17(24)20-18)10-5-8-15(22)19-13-9-11-25-14-7-4-3-6-12(13)14/h3-4,6-7,13H,5,8-11H2,1-2H3,(H,19,22)(H,20,24). The minimum Gasteiger partial charge on any atom is -0.493 e. The Morgan fingerprint density at radius 1 is 1.36 bits per heavy atom. The summed E-state index contributed by atoms with van der Waals surface area (Å²) >= 11 is 0. The lowest BCUT2D eigenvalue weighted by molar-refractivity contribution is -0.130. The molecule has 3 rings (SSSR count). The van der Waals surface area contributed by atoms with E-state index >= 15 is 0 Å². The van der Waals surface area contributed by atoms with Gasteiger partial charge >= 0.3 is 6.03 Å². The molecule has 1 unspecified atom stereocenters. The number of ether oxygens (including phenoxy) is 1. The van der Waals surface area contributed by atoms with Gasteiger partial charge in [0, 0.05) is 24.9 Å². The van der Waals surface area contributed by atoms with Crippen LogP contribution in [0.2, 0.25) is 0 Å². The highest BCUT2D eigenvalue weighted by Crippen LogP contribution is 2.31. The Balaban J connectivity index is 1.50. The number of nitrogens with one attached hydrogen (secondary N) is 2. The minimum absolute atomic E-state index is 0.0619. The van der Waals surface area contributed by atoms with E-state index in [0.717, 1.165) is 17.7 Å². The van der Waals surface area contributed by atoms with Crippen LogP contribution in [0.25, 0.3) is 0 Å². The fourth-order valence-corrected chi connectivity index (χ4v) is 3.18. The number of para-hydroxylation sites is 1. The molecule has 1 fully saturated rings. The highest BCUT2D eigenvalue weighted by molar-refractivity contribution is 6.06. The van der Waals surface area contributed by atoms with Crippen molar-refractivity contribution in [1.29, 1.82) is 0 Å². The van der Waals surface area contributed by atoms with Gasteiger partial charge in [-0.2, -0.15) is 0 Å². The van der Waals surface area contributed by atoms with Gasteiger partial charge in [-0.3, -0.25) is 14.5 Å². The second-order valence-corrected chi connectivity index (χ2v) is 6.91. The molecule has 0 aliphatic carbocycles. The maximum atomic E-state index is 12.2. The van der Waals surface area contributed by atoms with Crippen molar-refractivity contribution in [1.82, 2.24) is 15.5 Å². The summed E-state index contributed by atoms with van der Waals surface area (Å²) in [6, 6.07) is 7.22. The summed E-state index contributed by atoms with van der Waals surface area (Å²) in [6.07, 6.45) is 1.42. The first kappa shape index (κ1) is 17.3. The van der Waals surface area contributed by atoms with Gasteiger partial charge < -0.3 is 15.4 Å². The number of hydrogen-bond donors (Lipinski definition) is 2. The van der Waals surface area contributed by atoms with Gasteiger partial charge in [0.05, 0.1) is 12.6 Å². The van der Waals surface area contributed by atoms with Gasteiger partial charge in [-0.25, -0.2) is 4.79 Å². The van der Waals surface area contributed by atoms with Crippen LogP contribution in [0.1, 0.15) is 44.7 Å². The molecule has 2 aliphatic heterocycles. The van der Waals surface area contributed by atoms with E-state index in [1.807, 2.05) is 24.3 Å². The highest BCUT2D eigenvalue weighted by atomic mass is 16.5. The van der Waals surface area contributed by atoms with Crippen LogP contribution in [0.3, 0.4) is 0 Å². The van der Waals surface area contributed by atoms with Crippen molar-refractivity contribution in [2.24, 2.45) is 0 Å². The minimum atomic E-state index is -0.870. The number of urea groups is 1. The molecule has 0 radical (unpaired) electrons. The maximum Gasteiger partial charge on any atom is 0.325 e. The van der Waals surface area contributed by atoms with E-state index in [1.165, 1.54) is 4.90 Å². The number of hydrogen-bond acceptors (Lipinski definition) is 4. The molecule has 1 aromatic carbocycles. The molecular formula is C18H23N3O4. The van der Waals surface area contributed by atoms with Gasteiger partial charge in [0.1, 0.15) is 11.3 Å². The van der Waals surface area contributed by atoms with Crippen LogP contribution < -0.4 is 15.4 Å². The van der Waals surface area contributed by atoms with Crippen molar-refractivity contribution in [3.8, 4) is 5.75 Å². The molecule has 7 heteroatoms. The maximum absolute atomic E-state index is 12.2. The molecule has 0 spiro atoms. The highest BCUT2D eigenvalue weighted by Gasteiger charge is 2.43. The van der Waals surface area contributed by atoms with Crippen molar-refractivity contribution in [2.45, 2.75) is 44.7 Å². The van der Waals surface area contributed by atoms with Crippen LogP contribution in [0, 0.1) is 0 Å². The Morgan fingerprint density at radius 2 is 2.12 bits per heavy atom. The number of fused-ring (bicyclic) bond motifs is 1. The number of rotatable bonds is 5. The van der Waals surface area contributed by atoms with E-state index in [1.54, 1.807) is 13.8 Å². The lowest BCUT2D eigenvalue weighted by atomic mass is 10.0. The normalized spacial score (nSPS) is 21.4. The van der Waals surface area contributed by atoms with E-state index in [0.29, 0.717) is 13.0 Å². The Bertz CT molecular complexity index is 701. The molecule has 0 saturated carbocycles. The molecule has 2 N–H and O–H groups in total. The smallest absolute Gasteiger partial charge is 0.325 e. The second-order valence-electron chi connectivity index (χ2n) is 6.91. The van der Waals surface area contributed by atoms with Crippen molar-refractivity contribution >= 4 is 17.8 Å². The van der Waals surface area contributed by atoms with Gasteiger partial charge in [-0.15, -0.1) is 0 Å². The fraction of sp³-hybridized carbons (Fsp3) is 0.500. The van der Waals surface area contributed by atoms with E-state index < -0.39 is 11.6 Å². The average Bonchev–Trinajstić information content (AvgIpc) is 2.77. The molecule has 1 atom stereocenters. The average molecular weight is 345 g/mol. The molecule has 134 valence electrons. The molecule has 2 heterocycles. The van der Waals surface area contributed by atoms with Gasteiger partial charge in [0.15, 0.2) is 0 Å². The van der Waals surface area contributed by atoms with Gasteiger partial charge in [-0.1, -0.05) is 18.2 Å². The van der Waals surface area contributed by atoms with E-state index in [2.05, 4.69) is 10.6 Å². The molecule has 0 aromatic heterocycles. The summed E-state index contributed by atoms with van der Waals surface area (Å²) in [4.78, 5) is 37.3. The number of nitrogens with zero attached hydrogens (tertiary/aromatic N) is 1. The third-order valence-corrected chi connectivity index (χ3v) is 4.52. The Kier molecular flexibility index (Phi) is 4.65. The lowest BCUT2D eigenvalue weighted by Crippen LogP contribution is -2.40. The van der Waals surface area contributed by atoms with Gasteiger partial charge in [0.25, 0.3) is 5.91 Å². The van der Waals surface area contributed by atoms with Crippen molar-refractivity contribution in [3.63, 3.8) is 0 Å². The molecular weight excluding hydrogens is 322 g/mol. The monoisotopic (exact) mass is 345 g/mol. The lowest BCUT2D eigenvalue weighted by Gasteiger charge is -2.26. The topological polar surface area (TPSA) is 87.7 Å². The van der Waals surface area contributed by atoms with Crippen LogP contribution in [0.4, 0.5) is 4.79 Å². The van der Waals surface area contributed by atoms with E-state index in [-0.39, 0.29) is 30.8 Å². The largest absolute Gasteiger partial charge is 0.493 e. The molecule has 1 aromatic rings. The number of benzene rings is 1. The van der Waals surface area contributed by atoms with E-state index in [9.17, 15) is 14.4 Å². The Hall–Kier alpha value is -2.57. The fourth-order valence-electron chi connectivity index (χ4n) is 3.18. The first-order chi connectivity index (χ1) is 11.9. The second kappa shape index (κ2) is 6.74. The summed E-state index contributed by atoms with van der Waals surface area (Å²) in [5, 5.41) is 5.65. The molecule has 0 bridgehead atoms. The predicted molar refractivity (Wildman–Crippen MR) is 91.0 cm³/mol. The molecule has 25 heavy (non-hydrogen) atoms. The summed E-state index contributed by atoms with van der Waals surface area (Å²) < 4.78 is 5.59. The van der Waals surface area contributed by atoms with Crippen molar-refractivity contribution < 1.29 is 19.1 Å². The zero-order valence-electron chi connectivity index (χ0n) is 14.5. The summed E-state index contributed by atoms with van der Waals surface area (Å²) in [5.74, 6) is 0.463. The third kappa shape index (κ3) is 3.60. The molecule has 2 aliphatic rings. The van der Waals surface area contributed by atoms with Gasteiger partial charge in [0.2, 0.25) is 5.91 Å². The van der Waals surface area contributed by atoms with Crippen LogP contribution in [0.15, 0.2) is 24.3 Å². The summed E-state index contributed by atoms with van der Waals surface area (Å²) in [7, 11) is 0. The zero-order chi connectivity index (χ0) is 18.0. The van der Waals surface area contributed by atoms with Crippen LogP contribution in [-0.4, -0.2) is 41.4 Å². The first-order valence-corrected chi connectivity index (χ1v) is 8.54. The first-order valence-electron chi connectivity index (χ1n) is 8.54. The van der Waals surface area contributed by atoms with Crippen molar-refractivity contribution in [2.75, 3.05) is 13.2 Å². The predicted octanol–water partition coefficient (Wildman–Crippen LogP) is 1.74. The number of amides is 4.